The fourth-order valence-corrected chi connectivity index (χ4v) is 6.36. The van der Waals surface area contributed by atoms with Gasteiger partial charge in [0.1, 0.15) is 0 Å². The molecule has 4 atom stereocenters. The smallest absolute Gasteiger partial charge is 0.303 e. The molecule has 0 aliphatic carbocycles. The lowest BCUT2D eigenvalue weighted by molar-refractivity contribution is -0.137. The van der Waals surface area contributed by atoms with E-state index in [1.54, 1.807) is 0 Å². The lowest BCUT2D eigenvalue weighted by Gasteiger charge is -2.29. The van der Waals surface area contributed by atoms with Crippen LogP contribution in [0.3, 0.4) is 0 Å². The molecule has 150 valence electrons. The minimum atomic E-state index is -0.689. The Morgan fingerprint density at radius 1 is 1.04 bits per heavy atom. The fourth-order valence-electron chi connectivity index (χ4n) is 4.37. The van der Waals surface area contributed by atoms with Crippen LogP contribution in [-0.4, -0.2) is 34.8 Å². The molecular formula is C22H38O3S. The highest BCUT2D eigenvalue weighted by Gasteiger charge is 2.47. The third kappa shape index (κ3) is 7.64. The Morgan fingerprint density at radius 3 is 2.54 bits per heavy atom. The second-order valence-corrected chi connectivity index (χ2v) is 9.44. The number of fused-ring (bicyclic) bond motifs is 2. The summed E-state index contributed by atoms with van der Waals surface area (Å²) in [7, 11) is 0. The first kappa shape index (κ1) is 21.8. The molecule has 2 bridgehead atoms. The molecule has 0 aromatic heterocycles. The summed E-state index contributed by atoms with van der Waals surface area (Å²) in [6, 6.07) is 0. The number of carboxylic acids is 1. The van der Waals surface area contributed by atoms with Gasteiger partial charge in [0.2, 0.25) is 0 Å². The van der Waals surface area contributed by atoms with Gasteiger partial charge >= 0.3 is 5.97 Å². The highest BCUT2D eigenvalue weighted by atomic mass is 32.2. The van der Waals surface area contributed by atoms with Crippen LogP contribution in [0.1, 0.15) is 84.0 Å². The van der Waals surface area contributed by atoms with E-state index in [4.69, 9.17) is 9.84 Å². The normalized spacial score (nSPS) is 27.6. The van der Waals surface area contributed by atoms with Crippen molar-refractivity contribution >= 4 is 17.7 Å². The number of unbranched alkanes of at least 4 members (excludes halogenated alkanes) is 6. The van der Waals surface area contributed by atoms with Gasteiger partial charge in [-0.1, -0.05) is 51.2 Å². The Hall–Kier alpha value is -0.480. The number of hydrogen-bond donors (Lipinski definition) is 1. The molecule has 4 heteroatoms. The molecule has 0 aromatic carbocycles. The third-order valence-corrected chi connectivity index (χ3v) is 7.75. The van der Waals surface area contributed by atoms with Crippen LogP contribution in [0.4, 0.5) is 0 Å². The number of carboxylic acid groups (broad SMARTS) is 1. The Labute approximate surface area is 164 Å². The second kappa shape index (κ2) is 12.8. The first-order valence-electron chi connectivity index (χ1n) is 10.8. The van der Waals surface area contributed by atoms with Crippen LogP contribution in [0.25, 0.3) is 0 Å². The highest BCUT2D eigenvalue weighted by molar-refractivity contribution is 8.01. The van der Waals surface area contributed by atoms with Gasteiger partial charge in [0.25, 0.3) is 0 Å². The van der Waals surface area contributed by atoms with Crippen molar-refractivity contribution in [3.63, 3.8) is 0 Å². The van der Waals surface area contributed by atoms with Crippen molar-refractivity contribution < 1.29 is 14.6 Å². The van der Waals surface area contributed by atoms with Crippen LogP contribution in [0.15, 0.2) is 12.2 Å². The van der Waals surface area contributed by atoms with Crippen LogP contribution in [0.5, 0.6) is 0 Å². The Balaban J connectivity index is 1.60. The maximum atomic E-state index is 10.5. The minimum Gasteiger partial charge on any atom is -0.481 e. The van der Waals surface area contributed by atoms with Crippen molar-refractivity contribution in [2.75, 3.05) is 13.2 Å². The predicted octanol–water partition coefficient (Wildman–Crippen LogP) is 6.07. The molecule has 0 aromatic rings. The molecule has 0 amide bonds. The van der Waals surface area contributed by atoms with Crippen LogP contribution in [0, 0.1) is 11.8 Å². The fraction of sp³-hybridized carbons (Fsp3) is 0.864. The molecule has 3 nitrogen and oxygen atoms in total. The number of carbonyl (C=O) groups is 1. The van der Waals surface area contributed by atoms with Gasteiger partial charge in [-0.15, -0.1) is 0 Å². The van der Waals surface area contributed by atoms with E-state index in [1.807, 2.05) is 0 Å². The monoisotopic (exact) mass is 382 g/mol. The van der Waals surface area contributed by atoms with E-state index in [-0.39, 0.29) is 6.42 Å². The molecule has 2 heterocycles. The maximum Gasteiger partial charge on any atom is 0.303 e. The molecule has 0 saturated carbocycles. The first-order chi connectivity index (χ1) is 12.7. The van der Waals surface area contributed by atoms with Gasteiger partial charge in [-0.05, 0) is 50.4 Å². The molecule has 2 aliphatic rings. The average molecular weight is 383 g/mol. The molecule has 0 radical (unpaired) electrons. The van der Waals surface area contributed by atoms with Gasteiger partial charge in [0.15, 0.2) is 0 Å². The molecule has 26 heavy (non-hydrogen) atoms. The van der Waals surface area contributed by atoms with Crippen LogP contribution < -0.4 is 0 Å². The largest absolute Gasteiger partial charge is 0.481 e. The number of hydrogen-bond acceptors (Lipinski definition) is 3. The van der Waals surface area contributed by atoms with Gasteiger partial charge in [-0.2, -0.15) is 11.8 Å². The SMILES string of the molecule is CCCCCCCCOC[C@H]1[C@@H](C/C=C\CCCC(=O)O)[C@H]2CC[C@@H]1S2. The van der Waals surface area contributed by atoms with Gasteiger partial charge in [0.05, 0.1) is 6.61 Å². The number of thioether (sulfide) groups is 1. The summed E-state index contributed by atoms with van der Waals surface area (Å²) in [5.74, 6) is 0.798. The van der Waals surface area contributed by atoms with E-state index < -0.39 is 5.97 Å². The van der Waals surface area contributed by atoms with Crippen molar-refractivity contribution in [2.24, 2.45) is 11.8 Å². The summed E-state index contributed by atoms with van der Waals surface area (Å²) < 4.78 is 6.08. The summed E-state index contributed by atoms with van der Waals surface area (Å²) in [5.41, 5.74) is 0. The second-order valence-electron chi connectivity index (χ2n) is 7.95. The Kier molecular flexibility index (Phi) is 10.8. The van der Waals surface area contributed by atoms with E-state index in [0.717, 1.165) is 54.8 Å². The Bertz CT molecular complexity index is 424. The van der Waals surface area contributed by atoms with E-state index >= 15 is 0 Å². The van der Waals surface area contributed by atoms with Gasteiger partial charge in [0, 0.05) is 23.5 Å². The maximum absolute atomic E-state index is 10.5. The molecule has 0 spiro atoms. The van der Waals surface area contributed by atoms with Crippen LogP contribution in [-0.2, 0) is 9.53 Å². The molecule has 1 N–H and O–H groups in total. The quantitative estimate of drug-likeness (QED) is 0.275. The predicted molar refractivity (Wildman–Crippen MR) is 111 cm³/mol. The van der Waals surface area contributed by atoms with Crippen molar-refractivity contribution in [2.45, 2.75) is 94.5 Å². The zero-order chi connectivity index (χ0) is 18.6. The van der Waals surface area contributed by atoms with Gasteiger partial charge < -0.3 is 9.84 Å². The van der Waals surface area contributed by atoms with Crippen molar-refractivity contribution in [3.8, 4) is 0 Å². The summed E-state index contributed by atoms with van der Waals surface area (Å²) >= 11 is 2.21. The zero-order valence-electron chi connectivity index (χ0n) is 16.5. The van der Waals surface area contributed by atoms with Crippen molar-refractivity contribution in [1.29, 1.82) is 0 Å². The molecule has 2 saturated heterocycles. The number of rotatable bonds is 15. The summed E-state index contributed by atoms with van der Waals surface area (Å²) in [4.78, 5) is 10.5. The lowest BCUT2D eigenvalue weighted by atomic mass is 9.78. The Morgan fingerprint density at radius 2 is 1.77 bits per heavy atom. The number of allylic oxidation sites excluding steroid dienone is 2. The van der Waals surface area contributed by atoms with E-state index in [9.17, 15) is 4.79 Å². The third-order valence-electron chi connectivity index (χ3n) is 5.88. The van der Waals surface area contributed by atoms with E-state index in [1.165, 1.54) is 51.4 Å². The average Bonchev–Trinajstić information content (AvgIpc) is 3.22. The first-order valence-corrected chi connectivity index (χ1v) is 11.8. The van der Waals surface area contributed by atoms with Gasteiger partial charge in [-0.25, -0.2) is 0 Å². The number of aliphatic carboxylic acids is 1. The molecule has 2 rings (SSSR count). The van der Waals surface area contributed by atoms with Crippen molar-refractivity contribution in [3.05, 3.63) is 12.2 Å². The molecular weight excluding hydrogens is 344 g/mol. The molecule has 2 fully saturated rings. The molecule has 0 unspecified atom stereocenters. The highest BCUT2D eigenvalue weighted by Crippen LogP contribution is 2.54. The van der Waals surface area contributed by atoms with E-state index in [2.05, 4.69) is 30.8 Å². The summed E-state index contributed by atoms with van der Waals surface area (Å²) in [6.45, 7) is 4.14. The lowest BCUT2D eigenvalue weighted by Crippen LogP contribution is -2.30. The van der Waals surface area contributed by atoms with E-state index in [0.29, 0.717) is 0 Å². The topological polar surface area (TPSA) is 46.5 Å². The standard InChI is InChI=1S/C22H38O3S/c1-2-3-4-5-8-11-16-25-17-19-18(20-14-15-21(19)26-20)12-9-6-7-10-13-22(23)24/h6,9,18-21H,2-5,7-8,10-17H2,1H3,(H,23,24)/b9-6-/t18-,19+,20-,21+/m1/s1. The van der Waals surface area contributed by atoms with Crippen LogP contribution in [0.2, 0.25) is 0 Å². The minimum absolute atomic E-state index is 0.281. The summed E-state index contributed by atoms with van der Waals surface area (Å²) in [5, 5.41) is 10.3. The van der Waals surface area contributed by atoms with Crippen LogP contribution >= 0.6 is 11.8 Å². The van der Waals surface area contributed by atoms with Gasteiger partial charge in [-0.3, -0.25) is 4.79 Å². The summed E-state index contributed by atoms with van der Waals surface area (Å²) in [6.07, 6.45) is 18.2. The number of ether oxygens (including phenoxy) is 1. The molecule has 2 aliphatic heterocycles. The zero-order valence-corrected chi connectivity index (χ0v) is 17.4. The van der Waals surface area contributed by atoms with Crippen molar-refractivity contribution in [1.82, 2.24) is 0 Å².